The van der Waals surface area contributed by atoms with Crippen molar-refractivity contribution in [2.24, 2.45) is 0 Å². The monoisotopic (exact) mass is 470 g/mol. The number of aromatic nitrogens is 4. The molecule has 5 rings (SSSR count). The Morgan fingerprint density at radius 2 is 2.06 bits per heavy atom. The van der Waals surface area contributed by atoms with Gasteiger partial charge in [0.1, 0.15) is 11.4 Å². The molecule has 2 aliphatic rings. The number of nitrogens with zero attached hydrogens (tertiary/aromatic N) is 3. The molecule has 1 aromatic carbocycles. The van der Waals surface area contributed by atoms with E-state index < -0.39 is 29.0 Å². The Bertz CT molecular complexity index is 1300. The number of rotatable bonds is 6. The maximum absolute atomic E-state index is 14.3. The molecule has 170 valence electrons. The van der Waals surface area contributed by atoms with Gasteiger partial charge in [-0.05, 0) is 50.3 Å². The van der Waals surface area contributed by atoms with Crippen LogP contribution in [0.4, 0.5) is 10.1 Å². The summed E-state index contributed by atoms with van der Waals surface area (Å²) in [5.74, 6) is -2.78. The van der Waals surface area contributed by atoms with Crippen molar-refractivity contribution in [2.75, 3.05) is 5.32 Å². The molecule has 33 heavy (non-hydrogen) atoms. The lowest BCUT2D eigenvalue weighted by molar-refractivity contribution is -0.118. The average molecular weight is 471 g/mol. The van der Waals surface area contributed by atoms with Gasteiger partial charge in [-0.3, -0.25) is 14.4 Å². The quantitative estimate of drug-likeness (QED) is 0.378. The highest BCUT2D eigenvalue weighted by Gasteiger charge is 2.49. The zero-order valence-corrected chi connectivity index (χ0v) is 18.4. The summed E-state index contributed by atoms with van der Waals surface area (Å²) in [6.45, 7) is 2.15. The summed E-state index contributed by atoms with van der Waals surface area (Å²) in [7, 11) is 0. The van der Waals surface area contributed by atoms with Crippen LogP contribution in [0.1, 0.15) is 57.1 Å². The third kappa shape index (κ3) is 3.50. The third-order valence-corrected chi connectivity index (χ3v) is 6.56. The number of anilines is 1. The predicted octanol–water partition coefficient (Wildman–Crippen LogP) is 2.89. The highest BCUT2D eigenvalue weighted by Crippen LogP contribution is 2.44. The number of Topliss-reactive ketones (excluding diaryl/α,β-unsaturated/α-hetero) is 1. The minimum absolute atomic E-state index is 0.0608. The van der Waals surface area contributed by atoms with Crippen molar-refractivity contribution in [3.05, 3.63) is 63.4 Å². The molecule has 2 amide bonds. The molecule has 11 heteroatoms. The molecule has 0 spiro atoms. The number of nitrogens with one attached hydrogen (secondary N) is 3. The molecule has 3 N–H and O–H groups in total. The Morgan fingerprint density at radius 1 is 1.27 bits per heavy atom. The molecular weight excluding hydrogens is 451 g/mol. The first kappa shape index (κ1) is 21.3. The maximum Gasteiger partial charge on any atom is 0.293 e. The van der Waals surface area contributed by atoms with E-state index in [1.807, 2.05) is 0 Å². The second-order valence-corrected chi connectivity index (χ2v) is 8.73. The van der Waals surface area contributed by atoms with Crippen LogP contribution in [0.3, 0.4) is 0 Å². The number of halogens is 2. The molecule has 3 aromatic rings. The molecule has 0 radical (unpaired) electrons. The van der Waals surface area contributed by atoms with Crippen LogP contribution < -0.4 is 10.6 Å². The third-order valence-electron chi connectivity index (χ3n) is 6.27. The highest BCUT2D eigenvalue weighted by atomic mass is 35.5. The first-order valence-electron chi connectivity index (χ1n) is 10.5. The smallest absolute Gasteiger partial charge is 0.293 e. The normalized spacial score (nSPS) is 15.7. The van der Waals surface area contributed by atoms with Gasteiger partial charge in [0, 0.05) is 12.2 Å². The van der Waals surface area contributed by atoms with Crippen molar-refractivity contribution in [1.29, 1.82) is 0 Å². The van der Waals surface area contributed by atoms with Crippen molar-refractivity contribution in [3.8, 4) is 0 Å². The van der Waals surface area contributed by atoms with Crippen molar-refractivity contribution in [2.45, 2.75) is 44.7 Å². The second kappa shape index (κ2) is 7.80. The van der Waals surface area contributed by atoms with E-state index in [-0.39, 0.29) is 22.0 Å². The minimum Gasteiger partial charge on any atom is -0.340 e. The molecule has 1 aliphatic carbocycles. The lowest BCUT2D eigenvalue weighted by Crippen LogP contribution is -2.40. The fourth-order valence-electron chi connectivity index (χ4n) is 4.48. The van der Waals surface area contributed by atoms with Gasteiger partial charge in [0.2, 0.25) is 0 Å². The molecule has 0 atom stereocenters. The van der Waals surface area contributed by atoms with E-state index in [1.165, 1.54) is 24.4 Å². The van der Waals surface area contributed by atoms with Gasteiger partial charge in [0.15, 0.2) is 5.82 Å². The number of H-pyrrole nitrogens is 1. The summed E-state index contributed by atoms with van der Waals surface area (Å²) in [4.78, 5) is 39.2. The van der Waals surface area contributed by atoms with Crippen LogP contribution in [0.2, 0.25) is 5.02 Å². The number of fused-ring (bicyclic) bond motifs is 1. The van der Waals surface area contributed by atoms with Crippen molar-refractivity contribution >= 4 is 34.9 Å². The maximum atomic E-state index is 14.3. The first-order valence-corrected chi connectivity index (χ1v) is 10.9. The Morgan fingerprint density at radius 3 is 2.76 bits per heavy atom. The number of amides is 2. The van der Waals surface area contributed by atoms with Gasteiger partial charge in [-0.2, -0.15) is 15.4 Å². The standard InChI is InChI=1S/C22H20ClFN6O3/c1-11-16(19(31)21(33)27-22(7-8-22)15-10-25-29-28-15)14-6-3-9-30(14)18(11)20(32)26-13-5-2-4-12(23)17(13)24/h2,4-5,10H,3,6-9H2,1H3,(H,26,32)(H,27,33)(H,25,28,29). The van der Waals surface area contributed by atoms with Crippen LogP contribution in [0.5, 0.6) is 0 Å². The van der Waals surface area contributed by atoms with E-state index in [2.05, 4.69) is 26.0 Å². The van der Waals surface area contributed by atoms with E-state index in [0.717, 1.165) is 6.42 Å². The number of benzene rings is 1. The number of hydrogen-bond donors (Lipinski definition) is 3. The average Bonchev–Trinajstić information content (AvgIpc) is 3.15. The second-order valence-electron chi connectivity index (χ2n) is 8.33. The number of aromatic amines is 1. The number of ketones is 1. The van der Waals surface area contributed by atoms with E-state index in [9.17, 15) is 18.8 Å². The van der Waals surface area contributed by atoms with Crippen molar-refractivity contribution < 1.29 is 18.8 Å². The number of hydrogen-bond acceptors (Lipinski definition) is 5. The SMILES string of the molecule is Cc1c(C(=O)C(=O)NC2(c3cn[nH]n3)CC2)c2n(c1C(=O)Nc1cccc(Cl)c1F)CCC2. The van der Waals surface area contributed by atoms with Crippen LogP contribution in [-0.4, -0.2) is 37.6 Å². The summed E-state index contributed by atoms with van der Waals surface area (Å²) < 4.78 is 16.0. The van der Waals surface area contributed by atoms with Gasteiger partial charge in [0.05, 0.1) is 28.0 Å². The Labute approximate surface area is 192 Å². The van der Waals surface area contributed by atoms with E-state index in [0.29, 0.717) is 42.8 Å². The summed E-state index contributed by atoms with van der Waals surface area (Å²) in [6.07, 6.45) is 4.12. The topological polar surface area (TPSA) is 122 Å². The molecular formula is C22H20ClFN6O3. The van der Waals surface area contributed by atoms with Crippen LogP contribution in [0, 0.1) is 12.7 Å². The Hall–Kier alpha value is -3.53. The molecule has 9 nitrogen and oxygen atoms in total. The van der Waals surface area contributed by atoms with Gasteiger partial charge in [-0.15, -0.1) is 0 Å². The van der Waals surface area contributed by atoms with E-state index in [4.69, 9.17) is 11.6 Å². The number of carbonyl (C=O) groups excluding carboxylic acids is 3. The van der Waals surface area contributed by atoms with E-state index in [1.54, 1.807) is 11.5 Å². The zero-order chi connectivity index (χ0) is 23.3. The number of carbonyl (C=O) groups is 3. The highest BCUT2D eigenvalue weighted by molar-refractivity contribution is 6.44. The fourth-order valence-corrected chi connectivity index (χ4v) is 4.66. The van der Waals surface area contributed by atoms with Gasteiger partial charge in [0.25, 0.3) is 17.6 Å². The lowest BCUT2D eigenvalue weighted by Gasteiger charge is -2.14. The summed E-state index contributed by atoms with van der Waals surface area (Å²) in [5, 5.41) is 15.5. The molecule has 0 bridgehead atoms. The van der Waals surface area contributed by atoms with Gasteiger partial charge in [-0.25, -0.2) is 4.39 Å². The zero-order valence-electron chi connectivity index (χ0n) is 17.7. The lowest BCUT2D eigenvalue weighted by atomic mass is 10.0. The molecule has 1 aliphatic heterocycles. The summed E-state index contributed by atoms with van der Waals surface area (Å²) in [5.41, 5.74) is 1.29. The van der Waals surface area contributed by atoms with Gasteiger partial charge < -0.3 is 15.2 Å². The molecule has 1 saturated carbocycles. The van der Waals surface area contributed by atoms with Crippen molar-refractivity contribution in [1.82, 2.24) is 25.3 Å². The van der Waals surface area contributed by atoms with Crippen LogP contribution in [0.15, 0.2) is 24.4 Å². The summed E-state index contributed by atoms with van der Waals surface area (Å²) in [6, 6.07) is 4.31. The molecule has 1 fully saturated rings. The van der Waals surface area contributed by atoms with Gasteiger partial charge in [-0.1, -0.05) is 17.7 Å². The van der Waals surface area contributed by atoms with Crippen molar-refractivity contribution in [3.63, 3.8) is 0 Å². The minimum atomic E-state index is -0.758. The summed E-state index contributed by atoms with van der Waals surface area (Å²) >= 11 is 5.81. The van der Waals surface area contributed by atoms with Crippen LogP contribution in [0.25, 0.3) is 0 Å². The van der Waals surface area contributed by atoms with Gasteiger partial charge >= 0.3 is 0 Å². The molecule has 0 saturated heterocycles. The molecule has 2 aromatic heterocycles. The fraction of sp³-hybridized carbons (Fsp3) is 0.318. The Balaban J connectivity index is 1.44. The van der Waals surface area contributed by atoms with E-state index >= 15 is 0 Å². The van der Waals surface area contributed by atoms with Crippen LogP contribution in [-0.2, 0) is 23.3 Å². The first-order chi connectivity index (χ1) is 15.8. The predicted molar refractivity (Wildman–Crippen MR) is 117 cm³/mol. The van der Waals surface area contributed by atoms with Crippen LogP contribution >= 0.6 is 11.6 Å². The molecule has 3 heterocycles. The molecule has 0 unspecified atom stereocenters. The Kier molecular flexibility index (Phi) is 5.04. The largest absolute Gasteiger partial charge is 0.340 e.